The Hall–Kier alpha value is -2.84. The lowest BCUT2D eigenvalue weighted by molar-refractivity contribution is -0.384. The molecule has 0 aliphatic heterocycles. The summed E-state index contributed by atoms with van der Waals surface area (Å²) in [6.45, 7) is 0. The van der Waals surface area contributed by atoms with E-state index in [1.807, 2.05) is 12.1 Å². The van der Waals surface area contributed by atoms with Crippen LogP contribution in [0.3, 0.4) is 0 Å². The van der Waals surface area contributed by atoms with Gasteiger partial charge in [-0.1, -0.05) is 41.1 Å². The zero-order valence-electron chi connectivity index (χ0n) is 12.7. The number of amides is 1. The van der Waals surface area contributed by atoms with Gasteiger partial charge >= 0.3 is 0 Å². The Bertz CT molecular complexity index is 927. The van der Waals surface area contributed by atoms with E-state index < -0.39 is 10.8 Å². The number of nitrogens with zero attached hydrogens (tertiary/aromatic N) is 3. The number of hydrogen-bond acceptors (Lipinski definition) is 6. The first-order chi connectivity index (χ1) is 12.0. The zero-order chi connectivity index (χ0) is 17.8. The number of carbonyl (C=O) groups excluding carboxylic acids is 1. The highest BCUT2D eigenvalue weighted by atomic mass is 35.5. The van der Waals surface area contributed by atoms with Crippen molar-refractivity contribution >= 4 is 39.7 Å². The van der Waals surface area contributed by atoms with E-state index in [0.29, 0.717) is 16.6 Å². The Labute approximate surface area is 151 Å². The van der Waals surface area contributed by atoms with Crippen LogP contribution in [0.2, 0.25) is 5.02 Å². The summed E-state index contributed by atoms with van der Waals surface area (Å²) < 4.78 is 0. The summed E-state index contributed by atoms with van der Waals surface area (Å²) in [5.74, 6) is -0.474. The summed E-state index contributed by atoms with van der Waals surface area (Å²) in [7, 11) is 0. The molecule has 0 fully saturated rings. The predicted octanol–water partition coefficient (Wildman–Crippen LogP) is 3.94. The van der Waals surface area contributed by atoms with Crippen LogP contribution in [0.15, 0.2) is 48.5 Å². The average Bonchev–Trinajstić information content (AvgIpc) is 3.04. The Morgan fingerprint density at radius 1 is 1.20 bits per heavy atom. The van der Waals surface area contributed by atoms with Gasteiger partial charge in [-0.05, 0) is 23.8 Å². The smallest absolute Gasteiger partial charge is 0.270 e. The van der Waals surface area contributed by atoms with Crippen LogP contribution in [0.5, 0.6) is 0 Å². The SMILES string of the molecule is O=C(Nc1nnc(Cc2ccc(Cl)cc2)s1)c1cccc([N+](=O)[O-])c1. The molecule has 126 valence electrons. The van der Waals surface area contributed by atoms with Crippen LogP contribution in [0.1, 0.15) is 20.9 Å². The van der Waals surface area contributed by atoms with Crippen molar-refractivity contribution in [2.75, 3.05) is 5.32 Å². The number of nitrogens with one attached hydrogen (secondary N) is 1. The van der Waals surface area contributed by atoms with E-state index in [4.69, 9.17) is 11.6 Å². The van der Waals surface area contributed by atoms with Gasteiger partial charge in [0.2, 0.25) is 5.13 Å². The second kappa shape index (κ2) is 7.37. The zero-order valence-corrected chi connectivity index (χ0v) is 14.3. The molecule has 0 saturated heterocycles. The van der Waals surface area contributed by atoms with Gasteiger partial charge in [-0.15, -0.1) is 10.2 Å². The summed E-state index contributed by atoms with van der Waals surface area (Å²) in [5.41, 5.74) is 1.06. The third-order valence-corrected chi connectivity index (χ3v) is 4.37. The van der Waals surface area contributed by atoms with Crippen LogP contribution in [-0.4, -0.2) is 21.0 Å². The fourth-order valence-corrected chi connectivity index (χ4v) is 2.98. The Morgan fingerprint density at radius 2 is 1.96 bits per heavy atom. The van der Waals surface area contributed by atoms with E-state index >= 15 is 0 Å². The quantitative estimate of drug-likeness (QED) is 0.538. The first-order valence-electron chi connectivity index (χ1n) is 7.14. The predicted molar refractivity (Wildman–Crippen MR) is 95.2 cm³/mol. The Kier molecular flexibility index (Phi) is 5.01. The van der Waals surface area contributed by atoms with Crippen LogP contribution in [0.4, 0.5) is 10.8 Å². The molecule has 1 amide bonds. The van der Waals surface area contributed by atoms with Crippen molar-refractivity contribution in [3.05, 3.63) is 79.8 Å². The van der Waals surface area contributed by atoms with Gasteiger partial charge in [-0.3, -0.25) is 20.2 Å². The monoisotopic (exact) mass is 374 g/mol. The number of anilines is 1. The number of rotatable bonds is 5. The molecule has 7 nitrogen and oxygen atoms in total. The third kappa shape index (κ3) is 4.37. The first kappa shape index (κ1) is 17.0. The van der Waals surface area contributed by atoms with Crippen molar-refractivity contribution in [2.24, 2.45) is 0 Å². The summed E-state index contributed by atoms with van der Waals surface area (Å²) in [6.07, 6.45) is 0.571. The number of non-ortho nitro benzene ring substituents is 1. The summed E-state index contributed by atoms with van der Waals surface area (Å²) in [6, 6.07) is 12.9. The minimum Gasteiger partial charge on any atom is -0.296 e. The first-order valence-corrected chi connectivity index (χ1v) is 8.33. The highest BCUT2D eigenvalue weighted by Crippen LogP contribution is 2.21. The molecule has 1 heterocycles. The Morgan fingerprint density at radius 3 is 2.68 bits per heavy atom. The average molecular weight is 375 g/mol. The number of nitro groups is 1. The molecule has 2 aromatic carbocycles. The van der Waals surface area contributed by atoms with Gasteiger partial charge in [0.15, 0.2) is 0 Å². The van der Waals surface area contributed by atoms with Crippen LogP contribution < -0.4 is 5.32 Å². The number of carbonyl (C=O) groups is 1. The maximum atomic E-state index is 12.2. The molecule has 0 saturated carbocycles. The molecule has 25 heavy (non-hydrogen) atoms. The highest BCUT2D eigenvalue weighted by molar-refractivity contribution is 7.15. The van der Waals surface area contributed by atoms with Gasteiger partial charge in [0.05, 0.1) is 4.92 Å². The molecular weight excluding hydrogens is 364 g/mol. The van der Waals surface area contributed by atoms with Crippen molar-refractivity contribution in [3.63, 3.8) is 0 Å². The number of hydrogen-bond donors (Lipinski definition) is 1. The normalized spacial score (nSPS) is 10.4. The van der Waals surface area contributed by atoms with E-state index in [1.165, 1.54) is 35.6 Å². The van der Waals surface area contributed by atoms with Gasteiger partial charge in [-0.2, -0.15) is 0 Å². The topological polar surface area (TPSA) is 98.0 Å². The molecule has 0 aliphatic carbocycles. The highest BCUT2D eigenvalue weighted by Gasteiger charge is 2.14. The van der Waals surface area contributed by atoms with Gasteiger partial charge in [-0.25, -0.2) is 0 Å². The van der Waals surface area contributed by atoms with E-state index in [2.05, 4.69) is 15.5 Å². The minimum atomic E-state index is -0.550. The third-order valence-electron chi connectivity index (χ3n) is 3.28. The number of benzene rings is 2. The van der Waals surface area contributed by atoms with Crippen LogP contribution >= 0.6 is 22.9 Å². The second-order valence-corrected chi connectivity index (χ2v) is 6.56. The largest absolute Gasteiger partial charge is 0.296 e. The van der Waals surface area contributed by atoms with Gasteiger partial charge in [0.25, 0.3) is 11.6 Å². The molecule has 1 N–H and O–H groups in total. The van der Waals surface area contributed by atoms with Crippen LogP contribution in [-0.2, 0) is 6.42 Å². The van der Waals surface area contributed by atoms with Crippen LogP contribution in [0, 0.1) is 10.1 Å². The van der Waals surface area contributed by atoms with Gasteiger partial charge < -0.3 is 0 Å². The molecular formula is C16H11ClN4O3S. The molecule has 0 spiro atoms. The maximum Gasteiger partial charge on any atom is 0.270 e. The molecule has 0 radical (unpaired) electrons. The molecule has 0 bridgehead atoms. The van der Waals surface area contributed by atoms with E-state index in [-0.39, 0.29) is 11.3 Å². The number of halogens is 1. The van der Waals surface area contributed by atoms with Crippen molar-refractivity contribution in [1.29, 1.82) is 0 Å². The van der Waals surface area contributed by atoms with E-state index in [0.717, 1.165) is 10.6 Å². The summed E-state index contributed by atoms with van der Waals surface area (Å²) >= 11 is 7.09. The molecule has 1 aromatic heterocycles. The van der Waals surface area contributed by atoms with Crippen molar-refractivity contribution in [3.8, 4) is 0 Å². The molecule has 3 rings (SSSR count). The lowest BCUT2D eigenvalue weighted by Crippen LogP contribution is -2.11. The van der Waals surface area contributed by atoms with Crippen molar-refractivity contribution in [1.82, 2.24) is 10.2 Å². The minimum absolute atomic E-state index is 0.145. The molecule has 0 unspecified atom stereocenters. The summed E-state index contributed by atoms with van der Waals surface area (Å²) in [5, 5.41) is 23.1. The second-order valence-electron chi connectivity index (χ2n) is 5.07. The van der Waals surface area contributed by atoms with Crippen LogP contribution in [0.25, 0.3) is 0 Å². The molecule has 3 aromatic rings. The molecule has 0 atom stereocenters. The fourth-order valence-electron chi connectivity index (χ4n) is 2.08. The lowest BCUT2D eigenvalue weighted by atomic mass is 10.2. The van der Waals surface area contributed by atoms with Gasteiger partial charge in [0.1, 0.15) is 5.01 Å². The Balaban J connectivity index is 1.68. The fraction of sp³-hybridized carbons (Fsp3) is 0.0625. The number of nitro benzene ring substituents is 1. The lowest BCUT2D eigenvalue weighted by Gasteiger charge is -2.00. The van der Waals surface area contributed by atoms with Crippen molar-refractivity contribution < 1.29 is 9.72 Å². The van der Waals surface area contributed by atoms with E-state index in [9.17, 15) is 14.9 Å². The van der Waals surface area contributed by atoms with E-state index in [1.54, 1.807) is 12.1 Å². The number of aromatic nitrogens is 2. The maximum absolute atomic E-state index is 12.2. The summed E-state index contributed by atoms with van der Waals surface area (Å²) in [4.78, 5) is 22.4. The van der Waals surface area contributed by atoms with Crippen molar-refractivity contribution in [2.45, 2.75) is 6.42 Å². The molecule has 9 heteroatoms. The molecule has 0 aliphatic rings. The standard InChI is InChI=1S/C16H11ClN4O3S/c17-12-6-4-10(5-7-12)8-14-19-20-16(25-14)18-15(22)11-2-1-3-13(9-11)21(23)24/h1-7,9H,8H2,(H,18,20,22). The van der Waals surface area contributed by atoms with Gasteiger partial charge in [0, 0.05) is 29.1 Å².